The number of rotatable bonds is 2. The van der Waals surface area contributed by atoms with Gasteiger partial charge in [-0.05, 0) is 19.3 Å². The summed E-state index contributed by atoms with van der Waals surface area (Å²) in [6.45, 7) is 9.92. The second-order valence-corrected chi connectivity index (χ2v) is 5.13. The van der Waals surface area contributed by atoms with Gasteiger partial charge in [-0.2, -0.15) is 0 Å². The Morgan fingerprint density at radius 3 is 2.47 bits per heavy atom. The molecule has 0 aliphatic rings. The van der Waals surface area contributed by atoms with E-state index < -0.39 is 0 Å². The SMILES string of the molecule is Cc1cnc(C)c(CC(O)C(C)(C)C)n1. The van der Waals surface area contributed by atoms with Crippen molar-refractivity contribution in [2.75, 3.05) is 0 Å². The molecule has 0 aliphatic carbocycles. The quantitative estimate of drug-likeness (QED) is 0.809. The van der Waals surface area contributed by atoms with E-state index in [1.165, 1.54) is 0 Å². The van der Waals surface area contributed by atoms with Gasteiger partial charge < -0.3 is 5.11 Å². The van der Waals surface area contributed by atoms with Gasteiger partial charge in [-0.1, -0.05) is 20.8 Å². The predicted molar refractivity (Wildman–Crippen MR) is 60.7 cm³/mol. The van der Waals surface area contributed by atoms with Crippen LogP contribution in [0.25, 0.3) is 0 Å². The zero-order valence-electron chi connectivity index (χ0n) is 10.2. The maximum atomic E-state index is 9.99. The Morgan fingerprint density at radius 1 is 1.33 bits per heavy atom. The molecule has 0 fully saturated rings. The molecular weight excluding hydrogens is 188 g/mol. The maximum absolute atomic E-state index is 9.99. The van der Waals surface area contributed by atoms with Gasteiger partial charge in [-0.3, -0.25) is 9.97 Å². The van der Waals surface area contributed by atoms with E-state index in [4.69, 9.17) is 0 Å². The van der Waals surface area contributed by atoms with Crippen LogP contribution in [0.5, 0.6) is 0 Å². The molecule has 1 N–H and O–H groups in total. The monoisotopic (exact) mass is 208 g/mol. The summed E-state index contributed by atoms with van der Waals surface area (Å²) in [5, 5.41) is 9.99. The molecule has 1 unspecified atom stereocenters. The third kappa shape index (κ3) is 3.27. The fourth-order valence-corrected chi connectivity index (χ4v) is 1.27. The number of aromatic nitrogens is 2. The van der Waals surface area contributed by atoms with E-state index in [0.717, 1.165) is 17.1 Å². The van der Waals surface area contributed by atoms with Gasteiger partial charge >= 0.3 is 0 Å². The average Bonchev–Trinajstić information content (AvgIpc) is 2.09. The number of nitrogens with zero attached hydrogens (tertiary/aromatic N) is 2. The minimum atomic E-state index is -0.382. The first-order valence-electron chi connectivity index (χ1n) is 5.28. The molecule has 1 aromatic rings. The third-order valence-electron chi connectivity index (χ3n) is 2.56. The predicted octanol–water partition coefficient (Wildman–Crippen LogP) is 2.04. The maximum Gasteiger partial charge on any atom is 0.0644 e. The molecule has 0 amide bonds. The van der Waals surface area contributed by atoms with Gasteiger partial charge in [0.05, 0.1) is 23.2 Å². The third-order valence-corrected chi connectivity index (χ3v) is 2.56. The van der Waals surface area contributed by atoms with Gasteiger partial charge in [-0.15, -0.1) is 0 Å². The zero-order chi connectivity index (χ0) is 11.6. The average molecular weight is 208 g/mol. The summed E-state index contributed by atoms with van der Waals surface area (Å²) in [5.41, 5.74) is 2.59. The molecule has 0 saturated heterocycles. The van der Waals surface area contributed by atoms with Crippen molar-refractivity contribution in [2.45, 2.75) is 47.1 Å². The molecule has 84 valence electrons. The van der Waals surface area contributed by atoms with Gasteiger partial charge in [0.15, 0.2) is 0 Å². The van der Waals surface area contributed by atoms with Gasteiger partial charge in [0, 0.05) is 12.6 Å². The Labute approximate surface area is 91.6 Å². The summed E-state index contributed by atoms with van der Waals surface area (Å²) in [6, 6.07) is 0. The van der Waals surface area contributed by atoms with Crippen molar-refractivity contribution in [3.63, 3.8) is 0 Å². The van der Waals surface area contributed by atoms with Crippen LogP contribution < -0.4 is 0 Å². The van der Waals surface area contributed by atoms with E-state index in [9.17, 15) is 5.11 Å². The molecule has 15 heavy (non-hydrogen) atoms. The number of hydrogen-bond donors (Lipinski definition) is 1. The van der Waals surface area contributed by atoms with Crippen molar-refractivity contribution >= 4 is 0 Å². The van der Waals surface area contributed by atoms with Crippen molar-refractivity contribution in [3.8, 4) is 0 Å². The minimum Gasteiger partial charge on any atom is -0.392 e. The second kappa shape index (κ2) is 4.27. The van der Waals surface area contributed by atoms with Gasteiger partial charge in [0.2, 0.25) is 0 Å². The molecule has 0 aliphatic heterocycles. The molecule has 1 aromatic heterocycles. The lowest BCUT2D eigenvalue weighted by Crippen LogP contribution is -2.29. The lowest BCUT2D eigenvalue weighted by atomic mass is 9.86. The molecular formula is C12H20N2O. The smallest absolute Gasteiger partial charge is 0.0644 e. The van der Waals surface area contributed by atoms with Crippen molar-refractivity contribution in [1.29, 1.82) is 0 Å². The molecule has 0 radical (unpaired) electrons. The summed E-state index contributed by atoms with van der Waals surface area (Å²) in [6.07, 6.45) is 1.94. The van der Waals surface area contributed by atoms with Gasteiger partial charge in [0.25, 0.3) is 0 Å². The Morgan fingerprint density at radius 2 is 1.93 bits per heavy atom. The summed E-state index contributed by atoms with van der Waals surface area (Å²) >= 11 is 0. The molecule has 1 rings (SSSR count). The molecule has 1 atom stereocenters. The fraction of sp³-hybridized carbons (Fsp3) is 0.667. The summed E-state index contributed by atoms with van der Waals surface area (Å²) < 4.78 is 0. The molecule has 0 aromatic carbocycles. The number of aryl methyl sites for hydroxylation is 2. The standard InChI is InChI=1S/C12H20N2O/c1-8-7-13-9(2)10(14-8)6-11(15)12(3,4)5/h7,11,15H,6H2,1-5H3. The number of hydrogen-bond acceptors (Lipinski definition) is 3. The van der Waals surface area contributed by atoms with Gasteiger partial charge in [-0.25, -0.2) is 0 Å². The first-order chi connectivity index (χ1) is 6.80. The summed E-state index contributed by atoms with van der Waals surface area (Å²) in [5.74, 6) is 0. The molecule has 3 heteroatoms. The Kier molecular flexibility index (Phi) is 3.45. The van der Waals surface area contributed by atoms with Crippen LogP contribution in [0.2, 0.25) is 0 Å². The topological polar surface area (TPSA) is 46.0 Å². The molecule has 0 bridgehead atoms. The van der Waals surface area contributed by atoms with Crippen molar-refractivity contribution in [2.24, 2.45) is 5.41 Å². The highest BCUT2D eigenvalue weighted by Gasteiger charge is 2.23. The van der Waals surface area contributed by atoms with Crippen LogP contribution in [-0.4, -0.2) is 21.2 Å². The Balaban J connectivity index is 2.85. The largest absolute Gasteiger partial charge is 0.392 e. The highest BCUT2D eigenvalue weighted by atomic mass is 16.3. The van der Waals surface area contributed by atoms with E-state index in [2.05, 4.69) is 9.97 Å². The number of aliphatic hydroxyl groups is 1. The highest BCUT2D eigenvalue weighted by Crippen LogP contribution is 2.22. The fourth-order valence-electron chi connectivity index (χ4n) is 1.27. The second-order valence-electron chi connectivity index (χ2n) is 5.13. The molecule has 1 heterocycles. The van der Waals surface area contributed by atoms with E-state index in [1.54, 1.807) is 6.20 Å². The van der Waals surface area contributed by atoms with Crippen LogP contribution in [0.1, 0.15) is 37.9 Å². The Hall–Kier alpha value is -0.960. The van der Waals surface area contributed by atoms with Crippen LogP contribution in [0.4, 0.5) is 0 Å². The molecule has 0 saturated carbocycles. The van der Waals surface area contributed by atoms with E-state index in [0.29, 0.717) is 6.42 Å². The Bertz CT molecular complexity index is 342. The molecule has 3 nitrogen and oxygen atoms in total. The van der Waals surface area contributed by atoms with Gasteiger partial charge in [0.1, 0.15) is 0 Å². The normalized spacial score (nSPS) is 14.0. The van der Waals surface area contributed by atoms with Crippen LogP contribution in [0, 0.1) is 19.3 Å². The first-order valence-corrected chi connectivity index (χ1v) is 5.28. The van der Waals surface area contributed by atoms with Crippen molar-refractivity contribution in [1.82, 2.24) is 9.97 Å². The minimum absolute atomic E-state index is 0.113. The zero-order valence-corrected chi connectivity index (χ0v) is 10.2. The van der Waals surface area contributed by atoms with Crippen molar-refractivity contribution in [3.05, 3.63) is 23.3 Å². The lowest BCUT2D eigenvalue weighted by Gasteiger charge is -2.25. The van der Waals surface area contributed by atoms with Crippen molar-refractivity contribution < 1.29 is 5.11 Å². The van der Waals surface area contributed by atoms with Crippen LogP contribution >= 0.6 is 0 Å². The highest BCUT2D eigenvalue weighted by molar-refractivity contribution is 5.13. The van der Waals surface area contributed by atoms with Crippen LogP contribution in [0.3, 0.4) is 0 Å². The first kappa shape index (κ1) is 12.1. The van der Waals surface area contributed by atoms with E-state index in [-0.39, 0.29) is 11.5 Å². The molecule has 0 spiro atoms. The lowest BCUT2D eigenvalue weighted by molar-refractivity contribution is 0.0625. The summed E-state index contributed by atoms with van der Waals surface area (Å²) in [4.78, 5) is 8.64. The van der Waals surface area contributed by atoms with E-state index in [1.807, 2.05) is 34.6 Å². The van der Waals surface area contributed by atoms with E-state index >= 15 is 0 Å². The number of aliphatic hydroxyl groups excluding tert-OH is 1. The van der Waals surface area contributed by atoms with Crippen LogP contribution in [-0.2, 0) is 6.42 Å². The van der Waals surface area contributed by atoms with Crippen LogP contribution in [0.15, 0.2) is 6.20 Å². The summed E-state index contributed by atoms with van der Waals surface area (Å²) in [7, 11) is 0.